The van der Waals surface area contributed by atoms with E-state index in [1.54, 1.807) is 0 Å². The lowest BCUT2D eigenvalue weighted by Gasteiger charge is -2.36. The van der Waals surface area contributed by atoms with Crippen LogP contribution in [0.3, 0.4) is 0 Å². The molecule has 4 aliphatic rings. The zero-order chi connectivity index (χ0) is 18.4. The molecule has 26 heavy (non-hydrogen) atoms. The van der Waals surface area contributed by atoms with Crippen LogP contribution in [-0.2, 0) is 9.53 Å². The zero-order valence-corrected chi connectivity index (χ0v) is 16.4. The van der Waals surface area contributed by atoms with Crippen LogP contribution >= 0.6 is 0 Å². The van der Waals surface area contributed by atoms with Gasteiger partial charge in [0.2, 0.25) is 5.91 Å². The van der Waals surface area contributed by atoms with Crippen molar-refractivity contribution in [3.05, 3.63) is 0 Å². The molecule has 0 N–H and O–H groups in total. The molecule has 2 heterocycles. The topological polar surface area (TPSA) is 53.1 Å². The molecule has 4 unspecified atom stereocenters. The van der Waals surface area contributed by atoms with Crippen LogP contribution in [0, 0.1) is 23.7 Å². The fourth-order valence-electron chi connectivity index (χ4n) is 5.90. The Morgan fingerprint density at radius 2 is 1.62 bits per heavy atom. The number of piperidine rings is 1. The summed E-state index contributed by atoms with van der Waals surface area (Å²) in [6, 6.07) is 0.929. The Balaban J connectivity index is 1.31. The first kappa shape index (κ1) is 18.1. The fourth-order valence-corrected chi connectivity index (χ4v) is 5.90. The minimum Gasteiger partial charge on any atom is -0.450 e. The first-order valence-corrected chi connectivity index (χ1v) is 10.5. The summed E-state index contributed by atoms with van der Waals surface area (Å²) in [5, 5.41) is 0. The van der Waals surface area contributed by atoms with Crippen LogP contribution in [0.4, 0.5) is 4.79 Å². The van der Waals surface area contributed by atoms with E-state index in [0.29, 0.717) is 42.4 Å². The average molecular weight is 364 g/mol. The molecule has 2 aliphatic heterocycles. The summed E-state index contributed by atoms with van der Waals surface area (Å²) in [5.41, 5.74) is 0. The molecule has 2 bridgehead atoms. The van der Waals surface area contributed by atoms with Crippen LogP contribution in [0.1, 0.15) is 40.0 Å². The van der Waals surface area contributed by atoms with Gasteiger partial charge in [0.15, 0.2) is 0 Å². The molecule has 6 heteroatoms. The molecule has 0 aromatic rings. The van der Waals surface area contributed by atoms with Crippen molar-refractivity contribution in [3.63, 3.8) is 0 Å². The van der Waals surface area contributed by atoms with Gasteiger partial charge in [-0.1, -0.05) is 0 Å². The second-order valence-electron chi connectivity index (χ2n) is 8.55. The van der Waals surface area contributed by atoms with E-state index in [1.165, 1.54) is 6.42 Å². The molecule has 6 atom stereocenters. The Labute approximate surface area is 156 Å². The van der Waals surface area contributed by atoms with E-state index in [1.807, 2.05) is 16.7 Å². The summed E-state index contributed by atoms with van der Waals surface area (Å²) in [7, 11) is 0. The third-order valence-corrected chi connectivity index (χ3v) is 7.25. The number of likely N-dealkylation sites (tertiary alicyclic amines) is 2. The lowest BCUT2D eigenvalue weighted by Crippen LogP contribution is -2.44. The molecule has 0 spiro atoms. The summed E-state index contributed by atoms with van der Waals surface area (Å²) < 4.78 is 5.23. The standard InChI is InChI=1S/C20H33N3O3/c1-4-21(5-2)19(24)18-16-11-22(12-17(16)18)14-7-13-8-15(9-14)23(10-13)20(25)26-6-3/h13-18H,4-12H2,1-3H3/t13?,14?,15?,16-,17+,18?. The number of amides is 2. The molecular weight excluding hydrogens is 330 g/mol. The van der Waals surface area contributed by atoms with Crippen molar-refractivity contribution in [2.75, 3.05) is 39.3 Å². The summed E-state index contributed by atoms with van der Waals surface area (Å²) in [4.78, 5) is 31.4. The van der Waals surface area contributed by atoms with E-state index in [4.69, 9.17) is 4.74 Å². The lowest BCUT2D eigenvalue weighted by atomic mass is 9.85. The number of rotatable bonds is 5. The monoisotopic (exact) mass is 363 g/mol. The molecule has 0 aromatic heterocycles. The Bertz CT molecular complexity index is 553. The van der Waals surface area contributed by atoms with Gasteiger partial charge in [0.1, 0.15) is 0 Å². The van der Waals surface area contributed by atoms with Gasteiger partial charge in [-0.25, -0.2) is 4.79 Å². The van der Waals surface area contributed by atoms with Gasteiger partial charge in [0.25, 0.3) is 0 Å². The van der Waals surface area contributed by atoms with E-state index >= 15 is 0 Å². The number of ether oxygens (including phenoxy) is 1. The largest absolute Gasteiger partial charge is 0.450 e. The van der Waals surface area contributed by atoms with Gasteiger partial charge in [-0.15, -0.1) is 0 Å². The SMILES string of the molecule is CCOC(=O)N1CC2CC(N3C[C@@H]4C(C(=O)N(CC)CC)[C@@H]4C3)CC1C2. The van der Waals surface area contributed by atoms with E-state index in [9.17, 15) is 9.59 Å². The smallest absolute Gasteiger partial charge is 0.410 e. The first-order valence-electron chi connectivity index (χ1n) is 10.5. The van der Waals surface area contributed by atoms with Crippen LogP contribution in [0.5, 0.6) is 0 Å². The Morgan fingerprint density at radius 3 is 2.23 bits per heavy atom. The molecule has 6 nitrogen and oxygen atoms in total. The van der Waals surface area contributed by atoms with Gasteiger partial charge in [-0.3, -0.25) is 9.69 Å². The molecule has 2 amide bonds. The Hall–Kier alpha value is -1.30. The number of fused-ring (bicyclic) bond motifs is 3. The Morgan fingerprint density at radius 1 is 0.962 bits per heavy atom. The van der Waals surface area contributed by atoms with Crippen molar-refractivity contribution < 1.29 is 14.3 Å². The normalized spacial score (nSPS) is 38.2. The zero-order valence-electron chi connectivity index (χ0n) is 16.4. The summed E-state index contributed by atoms with van der Waals surface area (Å²) in [6.45, 7) is 11.1. The van der Waals surface area contributed by atoms with Gasteiger partial charge < -0.3 is 14.5 Å². The van der Waals surface area contributed by atoms with Crippen molar-refractivity contribution in [2.24, 2.45) is 23.7 Å². The summed E-state index contributed by atoms with van der Waals surface area (Å²) >= 11 is 0. The number of carbonyl (C=O) groups is 2. The molecule has 4 fully saturated rings. The van der Waals surface area contributed by atoms with Crippen LogP contribution in [0.25, 0.3) is 0 Å². The van der Waals surface area contributed by atoms with Crippen molar-refractivity contribution >= 4 is 12.0 Å². The molecule has 2 saturated carbocycles. The third kappa shape index (κ3) is 3.00. The maximum atomic E-state index is 12.6. The van der Waals surface area contributed by atoms with Crippen LogP contribution < -0.4 is 0 Å². The minimum absolute atomic E-state index is 0.130. The van der Waals surface area contributed by atoms with Gasteiger partial charge in [-0.05, 0) is 57.8 Å². The average Bonchev–Trinajstić information content (AvgIpc) is 2.97. The number of nitrogens with zero attached hydrogens (tertiary/aromatic N) is 3. The summed E-state index contributed by atoms with van der Waals surface area (Å²) in [5.74, 6) is 2.42. The maximum Gasteiger partial charge on any atom is 0.410 e. The molecule has 0 aromatic carbocycles. The maximum absolute atomic E-state index is 12.6. The summed E-state index contributed by atoms with van der Waals surface area (Å²) in [6.07, 6.45) is 3.28. The quantitative estimate of drug-likeness (QED) is 0.750. The first-order chi connectivity index (χ1) is 12.6. The van der Waals surface area contributed by atoms with Gasteiger partial charge in [-0.2, -0.15) is 0 Å². The highest BCUT2D eigenvalue weighted by Crippen LogP contribution is 2.54. The second kappa shape index (κ2) is 7.02. The van der Waals surface area contributed by atoms with Crippen LogP contribution in [-0.4, -0.2) is 78.1 Å². The van der Waals surface area contributed by atoms with Gasteiger partial charge >= 0.3 is 6.09 Å². The van der Waals surface area contributed by atoms with E-state index in [-0.39, 0.29) is 12.0 Å². The lowest BCUT2D eigenvalue weighted by molar-refractivity contribution is -0.133. The van der Waals surface area contributed by atoms with Crippen molar-refractivity contribution in [2.45, 2.75) is 52.1 Å². The highest BCUT2D eigenvalue weighted by Gasteiger charge is 2.61. The predicted octanol–water partition coefficient (Wildman–Crippen LogP) is 2.04. The van der Waals surface area contributed by atoms with Crippen LogP contribution in [0.2, 0.25) is 0 Å². The number of hydrogen-bond acceptors (Lipinski definition) is 4. The number of hydrogen-bond donors (Lipinski definition) is 0. The van der Waals surface area contributed by atoms with Crippen molar-refractivity contribution in [3.8, 4) is 0 Å². The van der Waals surface area contributed by atoms with E-state index in [0.717, 1.165) is 45.6 Å². The predicted molar refractivity (Wildman–Crippen MR) is 98.6 cm³/mol. The highest BCUT2D eigenvalue weighted by molar-refractivity contribution is 5.82. The third-order valence-electron chi connectivity index (χ3n) is 7.25. The molecular formula is C20H33N3O3. The molecule has 4 rings (SSSR count). The molecule has 2 saturated heterocycles. The highest BCUT2D eigenvalue weighted by atomic mass is 16.6. The van der Waals surface area contributed by atoms with Crippen molar-refractivity contribution in [1.82, 2.24) is 14.7 Å². The minimum atomic E-state index is -0.130. The van der Waals surface area contributed by atoms with E-state index < -0.39 is 0 Å². The van der Waals surface area contributed by atoms with Gasteiger partial charge in [0, 0.05) is 50.7 Å². The second-order valence-corrected chi connectivity index (χ2v) is 8.55. The van der Waals surface area contributed by atoms with E-state index in [2.05, 4.69) is 18.7 Å². The van der Waals surface area contributed by atoms with Crippen molar-refractivity contribution in [1.29, 1.82) is 0 Å². The fraction of sp³-hybridized carbons (Fsp3) is 0.900. The Kier molecular flexibility index (Phi) is 4.88. The molecule has 2 aliphatic carbocycles. The molecule has 146 valence electrons. The van der Waals surface area contributed by atoms with Gasteiger partial charge in [0.05, 0.1) is 6.61 Å². The molecule has 0 radical (unpaired) electrons. The number of carbonyl (C=O) groups excluding carboxylic acids is 2. The van der Waals surface area contributed by atoms with Crippen LogP contribution in [0.15, 0.2) is 0 Å².